The van der Waals surface area contributed by atoms with Crippen LogP contribution >= 0.6 is 0 Å². The normalized spacial score (nSPS) is 25.3. The van der Waals surface area contributed by atoms with E-state index in [1.807, 2.05) is 13.0 Å². The number of hydrogen-bond donors (Lipinski definition) is 0. The molecule has 84 valence electrons. The Hall–Kier alpha value is -1.12. The number of carbonyl (C=O) groups excluding carboxylic acids is 1. The van der Waals surface area contributed by atoms with Crippen molar-refractivity contribution in [3.05, 3.63) is 0 Å². The Kier molecular flexibility index (Phi) is 4.53. The van der Waals surface area contributed by atoms with Crippen LogP contribution in [0.5, 0.6) is 0 Å². The Morgan fingerprint density at radius 2 is 2.20 bits per heavy atom. The Balaban J connectivity index is 2.52. The van der Waals surface area contributed by atoms with E-state index in [1.165, 1.54) is 0 Å². The molecule has 0 aromatic heterocycles. The van der Waals surface area contributed by atoms with E-state index in [4.69, 9.17) is 14.7 Å². The lowest BCUT2D eigenvalue weighted by molar-refractivity contribution is -0.129. The van der Waals surface area contributed by atoms with Gasteiger partial charge in [0.05, 0.1) is 6.07 Å². The van der Waals surface area contributed by atoms with Gasteiger partial charge in [-0.25, -0.2) is 0 Å². The summed E-state index contributed by atoms with van der Waals surface area (Å²) >= 11 is 0. The van der Waals surface area contributed by atoms with Crippen LogP contribution in [0.2, 0.25) is 0 Å². The van der Waals surface area contributed by atoms with Gasteiger partial charge in [-0.05, 0) is 6.92 Å². The fourth-order valence-corrected chi connectivity index (χ4v) is 1.73. The molecule has 1 aliphatic heterocycles. The average molecular weight is 212 g/mol. The van der Waals surface area contributed by atoms with Crippen molar-refractivity contribution in [1.29, 1.82) is 5.26 Å². The molecule has 1 heterocycles. The highest BCUT2D eigenvalue weighted by atomic mass is 16.5. The Morgan fingerprint density at radius 3 is 2.73 bits per heavy atom. The minimum absolute atomic E-state index is 0.0670. The van der Waals surface area contributed by atoms with Crippen LogP contribution in [0.4, 0.5) is 0 Å². The van der Waals surface area contributed by atoms with Crippen LogP contribution in [0.25, 0.3) is 0 Å². The lowest BCUT2D eigenvalue weighted by Crippen LogP contribution is -2.29. The molecule has 0 radical (unpaired) electrons. The second kappa shape index (κ2) is 5.69. The van der Waals surface area contributed by atoms with Gasteiger partial charge in [0.2, 0.25) is 5.91 Å². The van der Waals surface area contributed by atoms with Crippen molar-refractivity contribution in [2.45, 2.75) is 25.6 Å². The van der Waals surface area contributed by atoms with Crippen LogP contribution in [-0.4, -0.2) is 49.8 Å². The molecule has 2 atom stereocenters. The van der Waals surface area contributed by atoms with Crippen molar-refractivity contribution < 1.29 is 14.3 Å². The third-order valence-electron chi connectivity index (χ3n) is 2.48. The van der Waals surface area contributed by atoms with Crippen molar-refractivity contribution in [3.8, 4) is 6.07 Å². The molecule has 1 saturated heterocycles. The molecule has 0 aromatic carbocycles. The molecule has 0 N–H and O–H groups in total. The zero-order valence-electron chi connectivity index (χ0n) is 9.10. The molecular formula is C10H16N2O3. The van der Waals surface area contributed by atoms with Gasteiger partial charge in [0.25, 0.3) is 0 Å². The molecule has 5 nitrogen and oxygen atoms in total. The van der Waals surface area contributed by atoms with Gasteiger partial charge < -0.3 is 14.4 Å². The van der Waals surface area contributed by atoms with Gasteiger partial charge in [0.15, 0.2) is 0 Å². The van der Waals surface area contributed by atoms with Crippen LogP contribution in [0, 0.1) is 11.3 Å². The van der Waals surface area contributed by atoms with Gasteiger partial charge in [-0.2, -0.15) is 5.26 Å². The molecule has 0 spiro atoms. The number of hydrogen-bond acceptors (Lipinski definition) is 4. The topological polar surface area (TPSA) is 62.6 Å². The van der Waals surface area contributed by atoms with Crippen molar-refractivity contribution in [2.75, 3.05) is 26.8 Å². The largest absolute Gasteiger partial charge is 0.377 e. The molecule has 0 aliphatic carbocycles. The molecule has 1 fully saturated rings. The van der Waals surface area contributed by atoms with E-state index >= 15 is 0 Å². The first-order chi connectivity index (χ1) is 7.22. The monoisotopic (exact) mass is 212 g/mol. The predicted molar refractivity (Wildman–Crippen MR) is 53.0 cm³/mol. The van der Waals surface area contributed by atoms with Gasteiger partial charge >= 0.3 is 0 Å². The van der Waals surface area contributed by atoms with Crippen molar-refractivity contribution in [2.24, 2.45) is 0 Å². The number of rotatable bonds is 4. The third-order valence-corrected chi connectivity index (χ3v) is 2.48. The van der Waals surface area contributed by atoms with Crippen molar-refractivity contribution in [1.82, 2.24) is 4.90 Å². The van der Waals surface area contributed by atoms with E-state index in [1.54, 1.807) is 12.0 Å². The number of nitrogens with zero attached hydrogens (tertiary/aromatic N) is 2. The standard InChI is InChI=1S/C10H16N2O3/c1-3-15-9-7-12(6-8(9)14-2)10(13)4-5-11/h8-9H,3-4,6-7H2,1-2H3/t8-,9+/m1/s1. The third kappa shape index (κ3) is 2.91. The van der Waals surface area contributed by atoms with Gasteiger partial charge in [0.1, 0.15) is 18.6 Å². The molecule has 1 amide bonds. The van der Waals surface area contributed by atoms with Crippen LogP contribution < -0.4 is 0 Å². The molecular weight excluding hydrogens is 196 g/mol. The lowest BCUT2D eigenvalue weighted by atomic mass is 10.2. The van der Waals surface area contributed by atoms with Gasteiger partial charge in [-0.15, -0.1) is 0 Å². The summed E-state index contributed by atoms with van der Waals surface area (Å²) in [4.78, 5) is 13.1. The number of likely N-dealkylation sites (tertiary alicyclic amines) is 1. The van der Waals surface area contributed by atoms with E-state index in [-0.39, 0.29) is 24.5 Å². The van der Waals surface area contributed by atoms with Crippen LogP contribution in [0.1, 0.15) is 13.3 Å². The van der Waals surface area contributed by atoms with E-state index in [9.17, 15) is 4.79 Å². The summed E-state index contributed by atoms with van der Waals surface area (Å²) in [6.07, 6.45) is -0.217. The summed E-state index contributed by atoms with van der Waals surface area (Å²) in [7, 11) is 1.61. The fourth-order valence-electron chi connectivity index (χ4n) is 1.73. The van der Waals surface area contributed by atoms with Crippen LogP contribution in [-0.2, 0) is 14.3 Å². The number of amides is 1. The predicted octanol–water partition coefficient (Wildman–Crippen LogP) is 0.162. The first-order valence-corrected chi connectivity index (χ1v) is 5.02. The maximum Gasteiger partial charge on any atom is 0.236 e. The smallest absolute Gasteiger partial charge is 0.236 e. The highest BCUT2D eigenvalue weighted by Crippen LogP contribution is 2.16. The first kappa shape index (κ1) is 12.0. The van der Waals surface area contributed by atoms with Crippen molar-refractivity contribution in [3.63, 3.8) is 0 Å². The summed E-state index contributed by atoms with van der Waals surface area (Å²) in [5.74, 6) is -0.151. The fraction of sp³-hybridized carbons (Fsp3) is 0.800. The summed E-state index contributed by atoms with van der Waals surface area (Å²) in [5, 5.41) is 8.43. The number of ether oxygens (including phenoxy) is 2. The highest BCUT2D eigenvalue weighted by molar-refractivity contribution is 5.78. The van der Waals surface area contributed by atoms with Gasteiger partial charge in [0, 0.05) is 26.8 Å². The quantitative estimate of drug-likeness (QED) is 0.666. The minimum atomic E-state index is -0.151. The average Bonchev–Trinajstić information content (AvgIpc) is 2.62. The number of methoxy groups -OCH3 is 1. The zero-order chi connectivity index (χ0) is 11.3. The second-order valence-corrected chi connectivity index (χ2v) is 3.40. The van der Waals surface area contributed by atoms with E-state index in [0.29, 0.717) is 19.7 Å². The summed E-state index contributed by atoms with van der Waals surface area (Å²) in [5.41, 5.74) is 0. The number of carbonyl (C=O) groups is 1. The molecule has 5 heteroatoms. The van der Waals surface area contributed by atoms with Crippen LogP contribution in [0.15, 0.2) is 0 Å². The highest BCUT2D eigenvalue weighted by Gasteiger charge is 2.35. The molecule has 0 bridgehead atoms. The van der Waals surface area contributed by atoms with E-state index < -0.39 is 0 Å². The Morgan fingerprint density at radius 1 is 1.53 bits per heavy atom. The van der Waals surface area contributed by atoms with E-state index in [0.717, 1.165) is 0 Å². The molecule has 15 heavy (non-hydrogen) atoms. The Labute approximate surface area is 89.6 Å². The summed E-state index contributed by atoms with van der Waals surface area (Å²) in [6.45, 7) is 3.55. The lowest BCUT2D eigenvalue weighted by Gasteiger charge is -2.15. The SMILES string of the molecule is CCO[C@H]1CN(C(=O)CC#N)C[C@H]1OC. The summed E-state index contributed by atoms with van der Waals surface area (Å²) in [6, 6.07) is 1.85. The molecule has 1 aliphatic rings. The maximum atomic E-state index is 11.4. The Bertz CT molecular complexity index is 262. The first-order valence-electron chi connectivity index (χ1n) is 5.02. The number of nitriles is 1. The molecule has 0 aromatic rings. The summed E-state index contributed by atoms with van der Waals surface area (Å²) < 4.78 is 10.7. The van der Waals surface area contributed by atoms with E-state index in [2.05, 4.69) is 0 Å². The molecule has 0 saturated carbocycles. The van der Waals surface area contributed by atoms with Gasteiger partial charge in [-0.3, -0.25) is 4.79 Å². The van der Waals surface area contributed by atoms with Gasteiger partial charge in [-0.1, -0.05) is 0 Å². The second-order valence-electron chi connectivity index (χ2n) is 3.40. The minimum Gasteiger partial charge on any atom is -0.377 e. The van der Waals surface area contributed by atoms with Crippen LogP contribution in [0.3, 0.4) is 0 Å². The maximum absolute atomic E-state index is 11.4. The molecule has 0 unspecified atom stereocenters. The molecule has 1 rings (SSSR count). The van der Waals surface area contributed by atoms with Crippen molar-refractivity contribution >= 4 is 5.91 Å². The zero-order valence-corrected chi connectivity index (χ0v) is 9.10.